The molecular weight excluding hydrogens is 244 g/mol. The van der Waals surface area contributed by atoms with Crippen LogP contribution in [-0.2, 0) is 15.6 Å². The largest absolute Gasteiger partial charge is 0.480 e. The van der Waals surface area contributed by atoms with Crippen LogP contribution in [0.5, 0.6) is 0 Å². The third kappa shape index (κ3) is 2.96. The lowest BCUT2D eigenvalue weighted by molar-refractivity contribution is -0.147. The Morgan fingerprint density at radius 1 is 1.29 bits per heavy atom. The summed E-state index contributed by atoms with van der Waals surface area (Å²) in [6.45, 7) is 3.81. The highest BCUT2D eigenvalue weighted by atomic mass is 32.2. The fraction of sp³-hybridized carbons (Fsp3) is 0.800. The highest BCUT2D eigenvalue weighted by Crippen LogP contribution is 2.15. The average Bonchev–Trinajstić information content (AvgIpc) is 2.27. The van der Waals surface area contributed by atoms with Gasteiger partial charge in [0.15, 0.2) is 0 Å². The van der Waals surface area contributed by atoms with Crippen LogP contribution in [0.3, 0.4) is 0 Å². The minimum absolute atomic E-state index is 0.325. The average molecular weight is 262 g/mol. The van der Waals surface area contributed by atoms with Gasteiger partial charge in [0, 0.05) is 42.4 Å². The Labute approximate surface area is 103 Å². The van der Waals surface area contributed by atoms with Crippen LogP contribution < -0.4 is 0 Å². The topological polar surface area (TPSA) is 77.9 Å². The smallest absolute Gasteiger partial charge is 0.329 e. The number of aliphatic carboxylic acids is 1. The lowest BCUT2D eigenvalue weighted by Crippen LogP contribution is -2.57. The summed E-state index contributed by atoms with van der Waals surface area (Å²) in [7, 11) is 0.625. The standard InChI is InChI=1S/C10H18N2O4S/c1-10(2,8(13)14)11(3)9(15)12-4-6-17(16)7-5-12/h4-7H2,1-3H3,(H,13,14). The number of hydrogen-bond donors (Lipinski definition) is 1. The molecular formula is C10H18N2O4S. The van der Waals surface area contributed by atoms with Crippen LogP contribution in [0.1, 0.15) is 13.8 Å². The van der Waals surface area contributed by atoms with Crippen LogP contribution in [0.15, 0.2) is 0 Å². The molecule has 1 aliphatic rings. The third-order valence-corrected chi connectivity index (χ3v) is 4.37. The molecule has 17 heavy (non-hydrogen) atoms. The maximum Gasteiger partial charge on any atom is 0.329 e. The van der Waals surface area contributed by atoms with Crippen molar-refractivity contribution in [1.82, 2.24) is 9.80 Å². The Hall–Kier alpha value is -1.11. The van der Waals surface area contributed by atoms with Gasteiger partial charge < -0.3 is 14.9 Å². The molecule has 98 valence electrons. The Bertz CT molecular complexity index is 346. The van der Waals surface area contributed by atoms with E-state index in [0.29, 0.717) is 24.6 Å². The van der Waals surface area contributed by atoms with E-state index < -0.39 is 22.3 Å². The molecule has 0 saturated carbocycles. The second-order valence-corrected chi connectivity index (χ2v) is 6.24. The Balaban J connectivity index is 2.70. The van der Waals surface area contributed by atoms with Crippen molar-refractivity contribution >= 4 is 22.8 Å². The third-order valence-electron chi connectivity index (χ3n) is 3.10. The zero-order valence-electron chi connectivity index (χ0n) is 10.3. The fourth-order valence-electron chi connectivity index (χ4n) is 1.42. The number of amides is 2. The fourth-order valence-corrected chi connectivity index (χ4v) is 2.48. The predicted octanol–water partition coefficient (Wildman–Crippen LogP) is -0.0343. The van der Waals surface area contributed by atoms with E-state index in [-0.39, 0.29) is 6.03 Å². The lowest BCUT2D eigenvalue weighted by atomic mass is 10.0. The van der Waals surface area contributed by atoms with Gasteiger partial charge in [-0.1, -0.05) is 0 Å². The maximum absolute atomic E-state index is 12.0. The molecule has 2 amide bonds. The summed E-state index contributed by atoms with van der Waals surface area (Å²) in [5, 5.41) is 9.04. The number of nitrogens with zero attached hydrogens (tertiary/aromatic N) is 2. The van der Waals surface area contributed by atoms with Crippen molar-refractivity contribution in [2.75, 3.05) is 31.6 Å². The molecule has 0 atom stereocenters. The second-order valence-electron chi connectivity index (χ2n) is 4.54. The molecule has 1 heterocycles. The van der Waals surface area contributed by atoms with Gasteiger partial charge in [0.2, 0.25) is 0 Å². The van der Waals surface area contributed by atoms with Crippen LogP contribution in [-0.4, -0.2) is 68.3 Å². The molecule has 0 spiro atoms. The molecule has 0 aromatic rings. The Kier molecular flexibility index (Phi) is 4.13. The van der Waals surface area contributed by atoms with Crippen LogP contribution >= 0.6 is 0 Å². The van der Waals surface area contributed by atoms with E-state index in [4.69, 9.17) is 5.11 Å². The summed E-state index contributed by atoms with van der Waals surface area (Å²) < 4.78 is 11.2. The summed E-state index contributed by atoms with van der Waals surface area (Å²) >= 11 is 0. The van der Waals surface area contributed by atoms with Crippen LogP contribution in [0.25, 0.3) is 0 Å². The van der Waals surface area contributed by atoms with Crippen molar-refractivity contribution in [3.05, 3.63) is 0 Å². The number of urea groups is 1. The van der Waals surface area contributed by atoms with Gasteiger partial charge >= 0.3 is 12.0 Å². The van der Waals surface area contributed by atoms with Crippen LogP contribution in [0.4, 0.5) is 4.79 Å². The van der Waals surface area contributed by atoms with Crippen LogP contribution in [0.2, 0.25) is 0 Å². The van der Waals surface area contributed by atoms with Gasteiger partial charge in [-0.05, 0) is 13.8 Å². The number of carboxylic acid groups (broad SMARTS) is 1. The monoisotopic (exact) mass is 262 g/mol. The first-order valence-electron chi connectivity index (χ1n) is 5.38. The predicted molar refractivity (Wildman–Crippen MR) is 64.3 cm³/mol. The van der Waals surface area contributed by atoms with E-state index in [9.17, 15) is 13.8 Å². The van der Waals surface area contributed by atoms with Crippen molar-refractivity contribution in [2.24, 2.45) is 0 Å². The summed E-state index contributed by atoms with van der Waals surface area (Å²) in [4.78, 5) is 25.8. The normalized spacial score (nSPS) is 17.9. The summed E-state index contributed by atoms with van der Waals surface area (Å²) in [6.07, 6.45) is 0. The molecule has 0 unspecified atom stereocenters. The van der Waals surface area contributed by atoms with E-state index >= 15 is 0 Å². The van der Waals surface area contributed by atoms with Gasteiger partial charge in [-0.25, -0.2) is 9.59 Å². The minimum Gasteiger partial charge on any atom is -0.480 e. The van der Waals surface area contributed by atoms with E-state index in [0.717, 1.165) is 0 Å². The molecule has 1 fully saturated rings. The molecule has 0 radical (unpaired) electrons. The number of hydrogen-bond acceptors (Lipinski definition) is 3. The Morgan fingerprint density at radius 3 is 2.18 bits per heavy atom. The van der Waals surface area contributed by atoms with Crippen LogP contribution in [0, 0.1) is 0 Å². The lowest BCUT2D eigenvalue weighted by Gasteiger charge is -2.37. The first-order valence-corrected chi connectivity index (χ1v) is 6.86. The molecule has 1 saturated heterocycles. The van der Waals surface area contributed by atoms with Gasteiger partial charge in [0.25, 0.3) is 0 Å². The van der Waals surface area contributed by atoms with Gasteiger partial charge in [-0.15, -0.1) is 0 Å². The molecule has 6 nitrogen and oxygen atoms in total. The Morgan fingerprint density at radius 2 is 1.76 bits per heavy atom. The van der Waals surface area contributed by atoms with Crippen molar-refractivity contribution < 1.29 is 18.9 Å². The summed E-state index contributed by atoms with van der Waals surface area (Å²) in [5.74, 6) is -0.117. The van der Waals surface area contributed by atoms with Gasteiger partial charge in [-0.2, -0.15) is 0 Å². The van der Waals surface area contributed by atoms with Crippen molar-refractivity contribution in [1.29, 1.82) is 0 Å². The first-order chi connectivity index (χ1) is 7.76. The maximum atomic E-state index is 12.0. The second kappa shape index (κ2) is 5.03. The number of rotatable bonds is 2. The molecule has 0 bridgehead atoms. The van der Waals surface area contributed by atoms with Gasteiger partial charge in [0.05, 0.1) is 0 Å². The number of likely N-dealkylation sites (N-methyl/N-ethyl adjacent to an activating group) is 1. The molecule has 0 aromatic carbocycles. The van der Waals surface area contributed by atoms with Gasteiger partial charge in [0.1, 0.15) is 5.54 Å². The van der Waals surface area contributed by atoms with E-state index in [1.165, 1.54) is 25.8 Å². The molecule has 1 N–H and O–H groups in total. The number of carbonyl (C=O) groups is 2. The van der Waals surface area contributed by atoms with Crippen molar-refractivity contribution in [2.45, 2.75) is 19.4 Å². The molecule has 1 rings (SSSR count). The minimum atomic E-state index is -1.24. The van der Waals surface area contributed by atoms with Crippen molar-refractivity contribution in [3.8, 4) is 0 Å². The number of carbonyl (C=O) groups excluding carboxylic acids is 1. The molecule has 0 aliphatic carbocycles. The summed E-state index contributed by atoms with van der Waals surface area (Å²) in [5.41, 5.74) is -1.24. The zero-order chi connectivity index (χ0) is 13.2. The van der Waals surface area contributed by atoms with Gasteiger partial charge in [-0.3, -0.25) is 4.21 Å². The number of carboxylic acids is 1. The highest BCUT2D eigenvalue weighted by molar-refractivity contribution is 7.85. The SMILES string of the molecule is CN(C(=O)N1CCS(=O)CC1)C(C)(C)C(=O)O. The molecule has 1 aliphatic heterocycles. The molecule has 0 aromatic heterocycles. The quantitative estimate of drug-likeness (QED) is 0.758. The molecule has 7 heteroatoms. The van der Waals surface area contributed by atoms with E-state index in [1.807, 2.05) is 0 Å². The zero-order valence-corrected chi connectivity index (χ0v) is 11.1. The van der Waals surface area contributed by atoms with E-state index in [2.05, 4.69) is 0 Å². The van der Waals surface area contributed by atoms with E-state index in [1.54, 1.807) is 4.90 Å². The first kappa shape index (κ1) is 14.0. The van der Waals surface area contributed by atoms with Crippen molar-refractivity contribution in [3.63, 3.8) is 0 Å². The highest BCUT2D eigenvalue weighted by Gasteiger charge is 2.37. The summed E-state index contributed by atoms with van der Waals surface area (Å²) in [6, 6.07) is -0.325.